The topological polar surface area (TPSA) is 70.2 Å². The maximum Gasteiger partial charge on any atom is 0.243 e. The third kappa shape index (κ3) is 5.84. The van der Waals surface area contributed by atoms with E-state index in [0.29, 0.717) is 5.69 Å². The van der Waals surface area contributed by atoms with E-state index in [0.717, 1.165) is 14.9 Å². The summed E-state index contributed by atoms with van der Waals surface area (Å²) in [4.78, 5) is 23.7. The van der Waals surface area contributed by atoms with Crippen LogP contribution < -0.4 is 16.0 Å². The monoisotopic (exact) mass is 437 g/mol. The van der Waals surface area contributed by atoms with Gasteiger partial charge in [0.25, 0.3) is 0 Å². The molecule has 6 heteroatoms. The Hall–Kier alpha value is -2.09. The average molecular weight is 437 g/mol. The minimum atomic E-state index is -0.132. The minimum Gasteiger partial charge on any atom is -0.376 e. The molecule has 5 nitrogen and oxygen atoms in total. The van der Waals surface area contributed by atoms with E-state index in [1.807, 2.05) is 56.3 Å². The van der Waals surface area contributed by atoms with Crippen molar-refractivity contribution < 1.29 is 9.59 Å². The Morgan fingerprint density at radius 1 is 0.958 bits per heavy atom. The molecule has 2 aromatic rings. The summed E-state index contributed by atoms with van der Waals surface area (Å²) in [5, 5.41) is 8.72. The molecule has 0 saturated heterocycles. The molecule has 0 saturated carbocycles. The van der Waals surface area contributed by atoms with Gasteiger partial charge in [0.2, 0.25) is 11.8 Å². The quantitative estimate of drug-likeness (QED) is 0.600. The summed E-state index contributed by atoms with van der Waals surface area (Å²) in [7, 11) is 0. The lowest BCUT2D eigenvalue weighted by atomic mass is 10.2. The third-order valence-corrected chi connectivity index (χ3v) is 3.95. The van der Waals surface area contributed by atoms with E-state index >= 15 is 0 Å². The van der Waals surface area contributed by atoms with Crippen LogP contribution in [0.2, 0.25) is 0 Å². The zero-order valence-corrected chi connectivity index (χ0v) is 15.8. The van der Waals surface area contributed by atoms with Gasteiger partial charge in [-0.25, -0.2) is 0 Å². The molecule has 0 heterocycles. The number of rotatable bonds is 6. The Morgan fingerprint density at radius 3 is 2.29 bits per heavy atom. The fourth-order valence-electron chi connectivity index (χ4n) is 1.91. The maximum absolute atomic E-state index is 12.0. The molecule has 0 aliphatic rings. The van der Waals surface area contributed by atoms with Gasteiger partial charge in [0.05, 0.1) is 6.54 Å². The number of anilines is 3. The first-order valence-electron chi connectivity index (χ1n) is 7.64. The van der Waals surface area contributed by atoms with Gasteiger partial charge < -0.3 is 16.0 Å². The minimum absolute atomic E-state index is 0.0383. The first-order valence-corrected chi connectivity index (χ1v) is 8.72. The molecule has 0 radical (unpaired) electrons. The van der Waals surface area contributed by atoms with Crippen molar-refractivity contribution in [2.24, 2.45) is 5.92 Å². The molecule has 2 rings (SSSR count). The number of hydrogen-bond donors (Lipinski definition) is 3. The normalized spacial score (nSPS) is 10.3. The Balaban J connectivity index is 1.88. The lowest BCUT2D eigenvalue weighted by Crippen LogP contribution is -2.22. The van der Waals surface area contributed by atoms with E-state index in [-0.39, 0.29) is 24.3 Å². The van der Waals surface area contributed by atoms with Crippen molar-refractivity contribution in [1.82, 2.24) is 0 Å². The largest absolute Gasteiger partial charge is 0.376 e. The molecule has 0 aliphatic heterocycles. The van der Waals surface area contributed by atoms with E-state index < -0.39 is 0 Å². The standard InChI is InChI=1S/C18H20IN3O2/c1-12(2)18(24)22-16-5-3-4-15(10-16)20-11-17(23)21-14-8-6-13(19)7-9-14/h3-10,12,20H,11H2,1-2H3,(H,21,23)(H,22,24). The van der Waals surface area contributed by atoms with E-state index in [9.17, 15) is 9.59 Å². The van der Waals surface area contributed by atoms with Crippen LogP contribution in [0, 0.1) is 9.49 Å². The number of carbonyl (C=O) groups is 2. The number of halogens is 1. The third-order valence-electron chi connectivity index (χ3n) is 3.24. The smallest absolute Gasteiger partial charge is 0.243 e. The van der Waals surface area contributed by atoms with Crippen molar-refractivity contribution in [3.63, 3.8) is 0 Å². The molecular formula is C18H20IN3O2. The molecular weight excluding hydrogens is 417 g/mol. The highest BCUT2D eigenvalue weighted by Gasteiger charge is 2.07. The maximum atomic E-state index is 12.0. The first kappa shape index (κ1) is 18.3. The molecule has 0 unspecified atom stereocenters. The van der Waals surface area contributed by atoms with Crippen molar-refractivity contribution in [3.05, 3.63) is 52.1 Å². The number of nitrogens with one attached hydrogen (secondary N) is 3. The van der Waals surface area contributed by atoms with Crippen LogP contribution in [0.15, 0.2) is 48.5 Å². The zero-order chi connectivity index (χ0) is 17.5. The molecule has 0 spiro atoms. The summed E-state index contributed by atoms with van der Waals surface area (Å²) in [6.07, 6.45) is 0. The highest BCUT2D eigenvalue weighted by atomic mass is 127. The summed E-state index contributed by atoms with van der Waals surface area (Å²) in [5.74, 6) is -0.252. The second-order valence-corrected chi connectivity index (χ2v) is 6.88. The number of amides is 2. The van der Waals surface area contributed by atoms with Gasteiger partial charge in [0, 0.05) is 26.6 Å². The van der Waals surface area contributed by atoms with Gasteiger partial charge in [-0.05, 0) is 65.1 Å². The fraction of sp³-hybridized carbons (Fsp3) is 0.222. The van der Waals surface area contributed by atoms with E-state index in [2.05, 4.69) is 38.5 Å². The molecule has 0 fully saturated rings. The van der Waals surface area contributed by atoms with Crippen LogP contribution in [0.3, 0.4) is 0 Å². The summed E-state index contributed by atoms with van der Waals surface area (Å²) in [6, 6.07) is 14.9. The second-order valence-electron chi connectivity index (χ2n) is 5.63. The molecule has 24 heavy (non-hydrogen) atoms. The van der Waals surface area contributed by atoms with Crippen LogP contribution in [-0.4, -0.2) is 18.4 Å². The zero-order valence-electron chi connectivity index (χ0n) is 13.6. The van der Waals surface area contributed by atoms with Crippen molar-refractivity contribution in [2.45, 2.75) is 13.8 Å². The van der Waals surface area contributed by atoms with Crippen LogP contribution in [-0.2, 0) is 9.59 Å². The van der Waals surface area contributed by atoms with Crippen LogP contribution in [0.5, 0.6) is 0 Å². The summed E-state index contributed by atoms with van der Waals surface area (Å²) >= 11 is 2.21. The van der Waals surface area contributed by atoms with Gasteiger partial charge in [-0.2, -0.15) is 0 Å². The Kier molecular flexibility index (Phi) is 6.60. The van der Waals surface area contributed by atoms with E-state index in [1.54, 1.807) is 6.07 Å². The van der Waals surface area contributed by atoms with Crippen LogP contribution in [0.25, 0.3) is 0 Å². The lowest BCUT2D eigenvalue weighted by molar-refractivity contribution is -0.119. The number of carbonyl (C=O) groups excluding carboxylic acids is 2. The molecule has 0 aromatic heterocycles. The van der Waals surface area contributed by atoms with Crippen molar-refractivity contribution in [2.75, 3.05) is 22.5 Å². The second kappa shape index (κ2) is 8.68. The number of hydrogen-bond acceptors (Lipinski definition) is 3. The molecule has 126 valence electrons. The summed E-state index contributed by atoms with van der Waals surface area (Å²) < 4.78 is 1.11. The average Bonchev–Trinajstić information content (AvgIpc) is 2.55. The Bertz CT molecular complexity index is 714. The predicted octanol–water partition coefficient (Wildman–Crippen LogP) is 3.94. The van der Waals surface area contributed by atoms with Crippen LogP contribution in [0.4, 0.5) is 17.1 Å². The molecule has 0 aliphatic carbocycles. The number of benzene rings is 2. The molecule has 2 aromatic carbocycles. The Morgan fingerprint density at radius 2 is 1.62 bits per heavy atom. The Labute approximate surface area is 155 Å². The van der Waals surface area contributed by atoms with Gasteiger partial charge in [-0.3, -0.25) is 9.59 Å². The van der Waals surface area contributed by atoms with Crippen LogP contribution in [0.1, 0.15) is 13.8 Å². The highest BCUT2D eigenvalue weighted by Crippen LogP contribution is 2.16. The van der Waals surface area contributed by atoms with Gasteiger partial charge in [0.15, 0.2) is 0 Å². The van der Waals surface area contributed by atoms with Gasteiger partial charge in [-0.1, -0.05) is 19.9 Å². The summed E-state index contributed by atoms with van der Waals surface area (Å²) in [6.45, 7) is 3.83. The van der Waals surface area contributed by atoms with E-state index in [1.165, 1.54) is 0 Å². The first-order chi connectivity index (χ1) is 11.4. The van der Waals surface area contributed by atoms with Gasteiger partial charge in [-0.15, -0.1) is 0 Å². The van der Waals surface area contributed by atoms with Crippen molar-refractivity contribution >= 4 is 51.5 Å². The predicted molar refractivity (Wildman–Crippen MR) is 106 cm³/mol. The molecule has 2 amide bonds. The van der Waals surface area contributed by atoms with Crippen molar-refractivity contribution in [3.8, 4) is 0 Å². The summed E-state index contributed by atoms with van der Waals surface area (Å²) in [5.41, 5.74) is 2.24. The molecule has 0 atom stereocenters. The van der Waals surface area contributed by atoms with Gasteiger partial charge >= 0.3 is 0 Å². The lowest BCUT2D eigenvalue weighted by Gasteiger charge is -2.11. The van der Waals surface area contributed by atoms with Gasteiger partial charge in [0.1, 0.15) is 0 Å². The highest BCUT2D eigenvalue weighted by molar-refractivity contribution is 14.1. The molecule has 3 N–H and O–H groups in total. The molecule has 0 bridgehead atoms. The van der Waals surface area contributed by atoms with Crippen molar-refractivity contribution in [1.29, 1.82) is 0 Å². The SMILES string of the molecule is CC(C)C(=O)Nc1cccc(NCC(=O)Nc2ccc(I)cc2)c1. The van der Waals surface area contributed by atoms with Crippen LogP contribution >= 0.6 is 22.6 Å². The fourth-order valence-corrected chi connectivity index (χ4v) is 2.27. The van der Waals surface area contributed by atoms with E-state index in [4.69, 9.17) is 0 Å².